The van der Waals surface area contributed by atoms with Crippen molar-refractivity contribution in [3.05, 3.63) is 0 Å². The molecule has 1 saturated carbocycles. The third-order valence-corrected chi connectivity index (χ3v) is 9.46. The van der Waals surface area contributed by atoms with E-state index in [-0.39, 0.29) is 24.8 Å². The first-order chi connectivity index (χ1) is 20.1. The lowest BCUT2D eigenvalue weighted by Crippen LogP contribution is -2.64. The average molecular weight is 638 g/mol. The molecule has 7 atom stereocenters. The average Bonchev–Trinajstić information content (AvgIpc) is 3.20. The number of nitrogens with one attached hydrogen (secondary N) is 3. The zero-order chi connectivity index (χ0) is 33.2. The minimum Gasteiger partial charge on any atom is -0.381 e. The number of fused-ring (bicyclic) bond motifs is 1. The Morgan fingerprint density at radius 2 is 1.68 bits per heavy atom. The standard InChI is InChI=1S/C28H40F5N5O6/c1-25(2,3)19(36-24(44)28(31,32)33)23(43)38-10-14-16(26(14,4)5)17(38)21(41)35-15(9-13-7-6-8-34-20(13)40)18(39)22(42)37-11-27(29,30)12-37/h13-19,39H,6-12H2,1-5H3,(H,34,40)(H,35,41)(H,36,44)/t13-,14?,15-,16?,17?,18?,19+/m0/s1. The van der Waals surface area contributed by atoms with Crippen molar-refractivity contribution in [1.82, 2.24) is 25.8 Å². The van der Waals surface area contributed by atoms with Crippen LogP contribution in [0.2, 0.25) is 0 Å². The number of carbonyl (C=O) groups is 5. The maximum Gasteiger partial charge on any atom is 0.471 e. The van der Waals surface area contributed by atoms with Crippen LogP contribution in [-0.4, -0.2) is 107 Å². The number of rotatable bonds is 8. The van der Waals surface area contributed by atoms with Crippen LogP contribution in [0.5, 0.6) is 0 Å². The zero-order valence-corrected chi connectivity index (χ0v) is 25.3. The Hall–Kier alpha value is -3.04. The quantitative estimate of drug-likeness (QED) is 0.290. The van der Waals surface area contributed by atoms with Gasteiger partial charge in [0.15, 0.2) is 6.10 Å². The fraction of sp³-hybridized carbons (Fsp3) is 0.821. The Labute approximate surface area is 251 Å². The van der Waals surface area contributed by atoms with E-state index < -0.39 is 95.7 Å². The van der Waals surface area contributed by atoms with Crippen molar-refractivity contribution < 1.29 is 51.0 Å². The minimum absolute atomic E-state index is 0.0170. The Bertz CT molecular complexity index is 1200. The molecular weight excluding hydrogens is 597 g/mol. The number of nitrogens with zero attached hydrogens (tertiary/aromatic N) is 2. The van der Waals surface area contributed by atoms with Crippen LogP contribution in [0, 0.1) is 28.6 Å². The number of hydrogen-bond acceptors (Lipinski definition) is 6. The second kappa shape index (κ2) is 11.4. The fourth-order valence-electron chi connectivity index (χ4n) is 6.77. The number of amides is 5. The van der Waals surface area contributed by atoms with Crippen LogP contribution in [0.25, 0.3) is 0 Å². The normalized spacial score (nSPS) is 29.4. The molecule has 4 unspecified atom stereocenters. The first-order valence-electron chi connectivity index (χ1n) is 14.7. The van der Waals surface area contributed by atoms with Crippen molar-refractivity contribution in [3.8, 4) is 0 Å². The molecule has 11 nitrogen and oxygen atoms in total. The molecule has 5 amide bonds. The highest BCUT2D eigenvalue weighted by Crippen LogP contribution is 2.65. The molecule has 0 radical (unpaired) electrons. The van der Waals surface area contributed by atoms with Crippen molar-refractivity contribution in [3.63, 3.8) is 0 Å². The summed E-state index contributed by atoms with van der Waals surface area (Å²) in [4.78, 5) is 66.8. The number of hydrogen-bond donors (Lipinski definition) is 4. The Morgan fingerprint density at radius 1 is 1.07 bits per heavy atom. The van der Waals surface area contributed by atoms with Crippen LogP contribution < -0.4 is 16.0 Å². The molecule has 248 valence electrons. The molecule has 4 aliphatic rings. The molecule has 4 fully saturated rings. The Balaban J connectivity index is 1.59. The van der Waals surface area contributed by atoms with Crippen molar-refractivity contribution in [2.75, 3.05) is 26.2 Å². The number of piperidine rings is 2. The highest BCUT2D eigenvalue weighted by atomic mass is 19.4. The number of carbonyl (C=O) groups excluding carboxylic acids is 5. The number of aliphatic hydroxyl groups excluding tert-OH is 1. The summed E-state index contributed by atoms with van der Waals surface area (Å²) in [5.74, 6) is -9.87. The van der Waals surface area contributed by atoms with E-state index in [2.05, 4.69) is 10.6 Å². The second-order valence-electron chi connectivity index (χ2n) is 14.1. The summed E-state index contributed by atoms with van der Waals surface area (Å²) < 4.78 is 66.3. The van der Waals surface area contributed by atoms with Gasteiger partial charge in [-0.25, -0.2) is 8.78 Å². The van der Waals surface area contributed by atoms with E-state index in [4.69, 9.17) is 0 Å². The second-order valence-corrected chi connectivity index (χ2v) is 14.1. The summed E-state index contributed by atoms with van der Waals surface area (Å²) in [6.45, 7) is 6.75. The molecule has 16 heteroatoms. The van der Waals surface area contributed by atoms with E-state index in [1.54, 1.807) is 5.32 Å². The summed E-state index contributed by atoms with van der Waals surface area (Å²) >= 11 is 0. The maximum atomic E-state index is 13.9. The molecule has 4 N–H and O–H groups in total. The monoisotopic (exact) mass is 637 g/mol. The van der Waals surface area contributed by atoms with Crippen LogP contribution in [0.3, 0.4) is 0 Å². The van der Waals surface area contributed by atoms with Crippen molar-refractivity contribution >= 4 is 29.5 Å². The molecule has 0 spiro atoms. The number of aliphatic hydroxyl groups is 1. The smallest absolute Gasteiger partial charge is 0.381 e. The van der Waals surface area contributed by atoms with E-state index >= 15 is 0 Å². The Kier molecular flexibility index (Phi) is 8.76. The van der Waals surface area contributed by atoms with Crippen molar-refractivity contribution in [2.24, 2.45) is 28.6 Å². The molecule has 44 heavy (non-hydrogen) atoms. The van der Waals surface area contributed by atoms with Gasteiger partial charge in [0.1, 0.15) is 12.1 Å². The lowest BCUT2D eigenvalue weighted by Gasteiger charge is -2.41. The van der Waals surface area contributed by atoms with Gasteiger partial charge in [-0.3, -0.25) is 24.0 Å². The van der Waals surface area contributed by atoms with Crippen LogP contribution >= 0.6 is 0 Å². The van der Waals surface area contributed by atoms with E-state index in [0.29, 0.717) is 19.4 Å². The van der Waals surface area contributed by atoms with Crippen molar-refractivity contribution in [2.45, 2.75) is 90.2 Å². The fourth-order valence-corrected chi connectivity index (χ4v) is 6.77. The molecule has 0 aromatic heterocycles. The third kappa shape index (κ3) is 6.64. The zero-order valence-electron chi connectivity index (χ0n) is 25.3. The molecule has 4 rings (SSSR count). The van der Waals surface area contributed by atoms with Crippen LogP contribution in [0.15, 0.2) is 0 Å². The lowest BCUT2D eigenvalue weighted by molar-refractivity contribution is -0.176. The van der Waals surface area contributed by atoms with Gasteiger partial charge in [0.05, 0.1) is 19.1 Å². The van der Waals surface area contributed by atoms with Crippen molar-refractivity contribution in [1.29, 1.82) is 0 Å². The Morgan fingerprint density at radius 3 is 2.20 bits per heavy atom. The SMILES string of the molecule is CC1(C)C2CN(C(=O)[C@@H](NC(=O)C(F)(F)F)C(C)(C)C)C(C(=O)N[C@@H](C[C@@H]3CCCNC3=O)C(O)C(=O)N3CC(F)(F)C3)C21. The van der Waals surface area contributed by atoms with Gasteiger partial charge in [-0.2, -0.15) is 13.2 Å². The van der Waals surface area contributed by atoms with Gasteiger partial charge in [0.25, 0.3) is 11.8 Å². The van der Waals surface area contributed by atoms with Gasteiger partial charge < -0.3 is 30.9 Å². The van der Waals surface area contributed by atoms with Gasteiger partial charge in [-0.05, 0) is 41.9 Å². The summed E-state index contributed by atoms with van der Waals surface area (Å²) in [7, 11) is 0. The van der Waals surface area contributed by atoms with Gasteiger partial charge in [-0.1, -0.05) is 34.6 Å². The van der Waals surface area contributed by atoms with Crippen LogP contribution in [0.1, 0.15) is 53.9 Å². The van der Waals surface area contributed by atoms with Gasteiger partial charge in [-0.15, -0.1) is 0 Å². The molecule has 0 bridgehead atoms. The first kappa shape index (κ1) is 33.8. The number of alkyl halides is 5. The summed E-state index contributed by atoms with van der Waals surface area (Å²) in [5.41, 5.74) is -1.61. The number of halogens is 5. The molecule has 3 saturated heterocycles. The van der Waals surface area contributed by atoms with E-state index in [0.717, 1.165) is 9.80 Å². The topological polar surface area (TPSA) is 148 Å². The van der Waals surface area contributed by atoms with E-state index in [9.17, 15) is 51.0 Å². The molecule has 0 aromatic carbocycles. The largest absolute Gasteiger partial charge is 0.471 e. The van der Waals surface area contributed by atoms with E-state index in [1.165, 1.54) is 20.8 Å². The molecule has 1 aliphatic carbocycles. The van der Waals surface area contributed by atoms with Gasteiger partial charge >= 0.3 is 12.1 Å². The molecular formula is C28H40F5N5O6. The maximum absolute atomic E-state index is 13.9. The van der Waals surface area contributed by atoms with E-state index in [1.807, 2.05) is 13.8 Å². The molecule has 3 heterocycles. The molecule has 0 aromatic rings. The molecule has 3 aliphatic heterocycles. The summed E-state index contributed by atoms with van der Waals surface area (Å²) in [5, 5.41) is 18.0. The van der Waals surface area contributed by atoms with Gasteiger partial charge in [0, 0.05) is 19.0 Å². The first-order valence-corrected chi connectivity index (χ1v) is 14.7. The van der Waals surface area contributed by atoms with Crippen LogP contribution in [0.4, 0.5) is 22.0 Å². The van der Waals surface area contributed by atoms with Gasteiger partial charge in [0.2, 0.25) is 17.7 Å². The minimum atomic E-state index is -5.25. The lowest BCUT2D eigenvalue weighted by atomic mass is 9.85. The third-order valence-electron chi connectivity index (χ3n) is 9.46. The predicted molar refractivity (Wildman–Crippen MR) is 144 cm³/mol. The summed E-state index contributed by atoms with van der Waals surface area (Å²) in [6.07, 6.45) is -6.44. The highest BCUT2D eigenvalue weighted by molar-refractivity contribution is 5.95. The highest BCUT2D eigenvalue weighted by Gasteiger charge is 2.70. The number of likely N-dealkylation sites (tertiary alicyclic amines) is 2. The van der Waals surface area contributed by atoms with Crippen LogP contribution in [-0.2, 0) is 24.0 Å². The summed E-state index contributed by atoms with van der Waals surface area (Å²) in [6, 6.07) is -4.26. The predicted octanol–water partition coefficient (Wildman–Crippen LogP) is 0.802.